The number of hydrogen-bond donors (Lipinski definition) is 1. The van der Waals surface area contributed by atoms with Crippen molar-refractivity contribution in [3.8, 4) is 0 Å². The van der Waals surface area contributed by atoms with Crippen LogP contribution in [0.5, 0.6) is 0 Å². The molecule has 17 heavy (non-hydrogen) atoms. The van der Waals surface area contributed by atoms with Crippen molar-refractivity contribution in [1.29, 1.82) is 0 Å². The fraction of sp³-hybridized carbons (Fsp3) is 1.00. The molecule has 2 heteroatoms. The molecular weight excluding hydrogens is 208 g/mol. The third-order valence-corrected chi connectivity index (χ3v) is 4.85. The summed E-state index contributed by atoms with van der Waals surface area (Å²) in [6, 6.07) is 1.41. The molecule has 1 aliphatic heterocycles. The van der Waals surface area contributed by atoms with Gasteiger partial charge in [0.2, 0.25) is 0 Å². The Labute approximate surface area is 107 Å². The topological polar surface area (TPSA) is 15.3 Å². The summed E-state index contributed by atoms with van der Waals surface area (Å²) in [6.07, 6.45) is 7.34. The van der Waals surface area contributed by atoms with Gasteiger partial charge in [-0.2, -0.15) is 0 Å². The molecule has 1 saturated carbocycles. The molecule has 0 bridgehead atoms. The van der Waals surface area contributed by atoms with Gasteiger partial charge in [-0.05, 0) is 38.6 Å². The zero-order chi connectivity index (χ0) is 12.3. The Bertz CT molecular complexity index is 221. The quantitative estimate of drug-likeness (QED) is 0.813. The molecule has 2 rings (SSSR count). The summed E-state index contributed by atoms with van der Waals surface area (Å²) in [5.41, 5.74) is 0. The molecule has 2 nitrogen and oxygen atoms in total. The van der Waals surface area contributed by atoms with Crippen LogP contribution in [0.1, 0.15) is 52.9 Å². The first kappa shape index (κ1) is 13.4. The normalized spacial score (nSPS) is 40.4. The van der Waals surface area contributed by atoms with E-state index in [1.165, 1.54) is 51.7 Å². The van der Waals surface area contributed by atoms with E-state index in [9.17, 15) is 0 Å². The van der Waals surface area contributed by atoms with Crippen LogP contribution in [-0.4, -0.2) is 36.6 Å². The maximum Gasteiger partial charge on any atom is 0.0193 e. The lowest BCUT2D eigenvalue weighted by Gasteiger charge is -2.38. The van der Waals surface area contributed by atoms with Gasteiger partial charge in [0.25, 0.3) is 0 Å². The molecule has 2 atom stereocenters. The molecule has 2 fully saturated rings. The van der Waals surface area contributed by atoms with Crippen LogP contribution in [0.2, 0.25) is 0 Å². The van der Waals surface area contributed by atoms with E-state index in [1.54, 1.807) is 0 Å². The largest absolute Gasteiger partial charge is 0.311 e. The Kier molecular flexibility index (Phi) is 4.87. The summed E-state index contributed by atoms with van der Waals surface area (Å²) in [6.45, 7) is 10.8. The predicted molar refractivity (Wildman–Crippen MR) is 74.2 cm³/mol. The second-order valence-corrected chi connectivity index (χ2v) is 6.57. The zero-order valence-electron chi connectivity index (χ0n) is 11.9. The molecule has 0 spiro atoms. The van der Waals surface area contributed by atoms with Crippen LogP contribution in [0.25, 0.3) is 0 Å². The van der Waals surface area contributed by atoms with Crippen molar-refractivity contribution in [3.63, 3.8) is 0 Å². The average molecular weight is 238 g/mol. The number of piperazine rings is 1. The average Bonchev–Trinajstić information content (AvgIpc) is 2.32. The smallest absolute Gasteiger partial charge is 0.0193 e. The third-order valence-electron chi connectivity index (χ3n) is 4.85. The molecule has 2 aliphatic rings. The Morgan fingerprint density at radius 1 is 1.06 bits per heavy atom. The van der Waals surface area contributed by atoms with Crippen molar-refractivity contribution in [2.24, 2.45) is 11.8 Å². The minimum absolute atomic E-state index is 0.678. The monoisotopic (exact) mass is 238 g/mol. The third kappa shape index (κ3) is 3.96. The highest BCUT2D eigenvalue weighted by molar-refractivity contribution is 4.82. The van der Waals surface area contributed by atoms with Gasteiger partial charge < -0.3 is 5.32 Å². The lowest BCUT2D eigenvalue weighted by molar-refractivity contribution is 0.130. The minimum atomic E-state index is 0.678. The molecule has 2 unspecified atom stereocenters. The van der Waals surface area contributed by atoms with Gasteiger partial charge >= 0.3 is 0 Å². The van der Waals surface area contributed by atoms with Crippen LogP contribution in [0.15, 0.2) is 0 Å². The van der Waals surface area contributed by atoms with Crippen LogP contribution >= 0.6 is 0 Å². The molecular formula is C15H30N2. The fourth-order valence-electron chi connectivity index (χ4n) is 3.37. The van der Waals surface area contributed by atoms with Gasteiger partial charge in [0, 0.05) is 25.2 Å². The number of rotatable bonds is 3. The molecule has 0 radical (unpaired) electrons. The molecule has 1 saturated heterocycles. The molecule has 1 N–H and O–H groups in total. The van der Waals surface area contributed by atoms with Gasteiger partial charge in [-0.1, -0.05) is 32.6 Å². The SMILES string of the molecule is CC1CCC(CCN2CC(C)NCC2C)CC1. The van der Waals surface area contributed by atoms with Crippen LogP contribution in [0, 0.1) is 11.8 Å². The van der Waals surface area contributed by atoms with E-state index in [4.69, 9.17) is 0 Å². The van der Waals surface area contributed by atoms with Crippen molar-refractivity contribution in [3.05, 3.63) is 0 Å². The van der Waals surface area contributed by atoms with Crippen molar-refractivity contribution in [1.82, 2.24) is 10.2 Å². The predicted octanol–water partition coefficient (Wildman–Crippen LogP) is 2.89. The summed E-state index contributed by atoms with van der Waals surface area (Å²) in [4.78, 5) is 2.69. The molecule has 1 aliphatic carbocycles. The maximum absolute atomic E-state index is 3.56. The van der Waals surface area contributed by atoms with E-state index in [0.29, 0.717) is 6.04 Å². The fourth-order valence-corrected chi connectivity index (χ4v) is 3.37. The Morgan fingerprint density at radius 2 is 1.76 bits per heavy atom. The van der Waals surface area contributed by atoms with Crippen molar-refractivity contribution in [2.45, 2.75) is 65.0 Å². The summed E-state index contributed by atoms with van der Waals surface area (Å²) in [5, 5.41) is 3.56. The molecule has 0 aromatic rings. The highest BCUT2D eigenvalue weighted by atomic mass is 15.2. The van der Waals surface area contributed by atoms with Crippen LogP contribution in [0.3, 0.4) is 0 Å². The van der Waals surface area contributed by atoms with Crippen molar-refractivity contribution >= 4 is 0 Å². The van der Waals surface area contributed by atoms with Gasteiger partial charge in [0.15, 0.2) is 0 Å². The highest BCUT2D eigenvalue weighted by Crippen LogP contribution is 2.30. The molecule has 0 amide bonds. The first-order valence-electron chi connectivity index (χ1n) is 7.62. The van der Waals surface area contributed by atoms with Gasteiger partial charge in [-0.3, -0.25) is 4.90 Å². The van der Waals surface area contributed by atoms with E-state index in [-0.39, 0.29) is 0 Å². The van der Waals surface area contributed by atoms with E-state index in [0.717, 1.165) is 17.9 Å². The Hall–Kier alpha value is -0.0800. The van der Waals surface area contributed by atoms with Gasteiger partial charge in [0.1, 0.15) is 0 Å². The van der Waals surface area contributed by atoms with Crippen molar-refractivity contribution in [2.75, 3.05) is 19.6 Å². The highest BCUT2D eigenvalue weighted by Gasteiger charge is 2.24. The maximum atomic E-state index is 3.56. The van der Waals surface area contributed by atoms with Gasteiger partial charge in [-0.25, -0.2) is 0 Å². The van der Waals surface area contributed by atoms with Crippen LogP contribution in [0.4, 0.5) is 0 Å². The Balaban J connectivity index is 1.70. The van der Waals surface area contributed by atoms with Gasteiger partial charge in [0.05, 0.1) is 0 Å². The zero-order valence-corrected chi connectivity index (χ0v) is 11.9. The molecule has 1 heterocycles. The second-order valence-electron chi connectivity index (χ2n) is 6.57. The standard InChI is InChI=1S/C15H30N2/c1-12-4-6-15(7-5-12)8-9-17-11-13(2)16-10-14(17)3/h12-16H,4-11H2,1-3H3. The molecule has 100 valence electrons. The second kappa shape index (κ2) is 6.19. The molecule has 0 aromatic heterocycles. The number of nitrogens with zero attached hydrogens (tertiary/aromatic N) is 1. The number of hydrogen-bond acceptors (Lipinski definition) is 2. The summed E-state index contributed by atoms with van der Waals surface area (Å²) >= 11 is 0. The lowest BCUT2D eigenvalue weighted by atomic mass is 9.81. The van der Waals surface area contributed by atoms with Crippen molar-refractivity contribution < 1.29 is 0 Å². The van der Waals surface area contributed by atoms with E-state index in [1.807, 2.05) is 0 Å². The van der Waals surface area contributed by atoms with E-state index >= 15 is 0 Å². The summed E-state index contributed by atoms with van der Waals surface area (Å²) in [5.74, 6) is 2.01. The minimum Gasteiger partial charge on any atom is -0.311 e. The van der Waals surface area contributed by atoms with Crippen LogP contribution < -0.4 is 5.32 Å². The molecule has 0 aromatic carbocycles. The van der Waals surface area contributed by atoms with E-state index in [2.05, 4.69) is 31.0 Å². The van der Waals surface area contributed by atoms with Crippen LogP contribution in [-0.2, 0) is 0 Å². The summed E-state index contributed by atoms with van der Waals surface area (Å²) in [7, 11) is 0. The summed E-state index contributed by atoms with van der Waals surface area (Å²) < 4.78 is 0. The first-order chi connectivity index (χ1) is 8.15. The Morgan fingerprint density at radius 3 is 2.47 bits per heavy atom. The lowest BCUT2D eigenvalue weighted by Crippen LogP contribution is -2.54. The number of nitrogens with one attached hydrogen (secondary N) is 1. The van der Waals surface area contributed by atoms with Gasteiger partial charge in [-0.15, -0.1) is 0 Å². The first-order valence-corrected chi connectivity index (χ1v) is 7.62. The van der Waals surface area contributed by atoms with E-state index < -0.39 is 0 Å².